The van der Waals surface area contributed by atoms with Crippen LogP contribution in [0.2, 0.25) is 0 Å². The van der Waals surface area contributed by atoms with Crippen molar-refractivity contribution in [1.29, 1.82) is 0 Å². The smallest absolute Gasteiger partial charge is 0.145 e. The Morgan fingerprint density at radius 3 is 1.97 bits per heavy atom. The summed E-state index contributed by atoms with van der Waals surface area (Å²) in [4.78, 5) is 4.98. The van der Waals surface area contributed by atoms with Gasteiger partial charge in [-0.2, -0.15) is 0 Å². The Kier molecular flexibility index (Phi) is 4.60. The van der Waals surface area contributed by atoms with Crippen molar-refractivity contribution in [2.24, 2.45) is 0 Å². The van der Waals surface area contributed by atoms with Gasteiger partial charge in [-0.25, -0.2) is 4.98 Å². The predicted octanol–water partition coefficient (Wildman–Crippen LogP) is 8.52. The number of aryl methyl sites for hydroxylation is 5. The van der Waals surface area contributed by atoms with Gasteiger partial charge in [0.15, 0.2) is 0 Å². The van der Waals surface area contributed by atoms with Gasteiger partial charge >= 0.3 is 0 Å². The second kappa shape index (κ2) is 7.56. The Labute approximate surface area is 200 Å². The average Bonchev–Trinajstić information content (AvgIpc) is 3.23. The van der Waals surface area contributed by atoms with Crippen molar-refractivity contribution in [2.75, 3.05) is 0 Å². The molecule has 0 fully saturated rings. The summed E-state index contributed by atoms with van der Waals surface area (Å²) >= 11 is 0. The molecule has 0 aliphatic rings. The van der Waals surface area contributed by atoms with E-state index in [1.807, 2.05) is 0 Å². The van der Waals surface area contributed by atoms with Gasteiger partial charge in [-0.3, -0.25) is 4.40 Å². The molecular formula is C32H28N2. The van der Waals surface area contributed by atoms with Crippen molar-refractivity contribution in [1.82, 2.24) is 9.38 Å². The Morgan fingerprint density at radius 2 is 1.26 bits per heavy atom. The van der Waals surface area contributed by atoms with Gasteiger partial charge in [0, 0.05) is 16.3 Å². The summed E-state index contributed by atoms with van der Waals surface area (Å²) in [6, 6.07) is 26.6. The summed E-state index contributed by atoms with van der Waals surface area (Å²) in [5.41, 5.74) is 13.6. The van der Waals surface area contributed by atoms with Gasteiger partial charge in [-0.15, -0.1) is 0 Å². The summed E-state index contributed by atoms with van der Waals surface area (Å²) in [6.07, 6.45) is 2.05. The van der Waals surface area contributed by atoms with Gasteiger partial charge in [-0.05, 0) is 79.5 Å². The first kappa shape index (κ1) is 20.7. The minimum atomic E-state index is 1.01. The third-order valence-electron chi connectivity index (χ3n) is 7.16. The molecule has 0 amide bonds. The lowest BCUT2D eigenvalue weighted by atomic mass is 9.94. The zero-order valence-electron chi connectivity index (χ0n) is 20.4. The van der Waals surface area contributed by atoms with Crippen molar-refractivity contribution < 1.29 is 0 Å². The van der Waals surface area contributed by atoms with Crippen LogP contribution in [0.1, 0.15) is 27.8 Å². The Balaban J connectivity index is 1.79. The van der Waals surface area contributed by atoms with Crippen LogP contribution < -0.4 is 0 Å². The highest BCUT2D eigenvalue weighted by Gasteiger charge is 2.18. The Hall–Kier alpha value is -3.91. The maximum absolute atomic E-state index is 4.98. The minimum absolute atomic E-state index is 1.01. The van der Waals surface area contributed by atoms with Crippen LogP contribution in [0.5, 0.6) is 0 Å². The van der Waals surface area contributed by atoms with E-state index in [0.29, 0.717) is 0 Å². The molecule has 0 aliphatic carbocycles. The van der Waals surface area contributed by atoms with Crippen LogP contribution in [-0.4, -0.2) is 9.38 Å². The van der Waals surface area contributed by atoms with Crippen LogP contribution in [0.3, 0.4) is 0 Å². The zero-order chi connectivity index (χ0) is 23.6. The maximum atomic E-state index is 4.98. The molecular weight excluding hydrogens is 412 g/mol. The molecule has 0 radical (unpaired) electrons. The van der Waals surface area contributed by atoms with Crippen molar-refractivity contribution in [3.8, 4) is 22.4 Å². The number of nitrogens with zero attached hydrogens (tertiary/aromatic N) is 2. The van der Waals surface area contributed by atoms with E-state index in [2.05, 4.69) is 118 Å². The van der Waals surface area contributed by atoms with Crippen LogP contribution in [0, 0.1) is 34.6 Å². The molecule has 2 nitrogen and oxygen atoms in total. The van der Waals surface area contributed by atoms with Gasteiger partial charge in [0.2, 0.25) is 0 Å². The molecule has 0 N–H and O–H groups in total. The van der Waals surface area contributed by atoms with Crippen molar-refractivity contribution in [3.63, 3.8) is 0 Å². The van der Waals surface area contributed by atoms with Crippen LogP contribution >= 0.6 is 0 Å². The maximum Gasteiger partial charge on any atom is 0.145 e. The first-order valence-electron chi connectivity index (χ1n) is 11.9. The lowest BCUT2D eigenvalue weighted by Crippen LogP contribution is -1.98. The number of hydrogen-bond acceptors (Lipinski definition) is 1. The highest BCUT2D eigenvalue weighted by atomic mass is 15.0. The van der Waals surface area contributed by atoms with E-state index in [9.17, 15) is 0 Å². The third-order valence-corrected chi connectivity index (χ3v) is 7.16. The van der Waals surface area contributed by atoms with Gasteiger partial charge in [-0.1, -0.05) is 72.3 Å². The monoisotopic (exact) mass is 440 g/mol. The normalized spacial score (nSPS) is 11.7. The lowest BCUT2D eigenvalue weighted by molar-refractivity contribution is 1.24. The Bertz CT molecular complexity index is 1710. The molecule has 0 saturated carbocycles. The molecule has 0 saturated heterocycles. The number of benzene rings is 4. The van der Waals surface area contributed by atoms with E-state index in [1.54, 1.807) is 0 Å². The minimum Gasteiger partial charge on any atom is -0.292 e. The van der Waals surface area contributed by atoms with Gasteiger partial charge < -0.3 is 0 Å². The largest absolute Gasteiger partial charge is 0.292 e. The fourth-order valence-corrected chi connectivity index (χ4v) is 5.83. The first-order valence-corrected chi connectivity index (χ1v) is 11.9. The summed E-state index contributed by atoms with van der Waals surface area (Å²) in [6.45, 7) is 11.0. The van der Waals surface area contributed by atoms with E-state index < -0.39 is 0 Å². The first-order chi connectivity index (χ1) is 16.4. The molecule has 2 heteroatoms. The third kappa shape index (κ3) is 2.99. The molecule has 0 bridgehead atoms. The van der Waals surface area contributed by atoms with Crippen molar-refractivity contribution in [3.05, 3.63) is 107 Å². The number of aromatic nitrogens is 2. The van der Waals surface area contributed by atoms with Gasteiger partial charge in [0.05, 0.1) is 17.4 Å². The van der Waals surface area contributed by atoms with Crippen molar-refractivity contribution >= 4 is 27.3 Å². The molecule has 2 heterocycles. The van der Waals surface area contributed by atoms with Gasteiger partial charge in [0.25, 0.3) is 0 Å². The van der Waals surface area contributed by atoms with Crippen LogP contribution in [-0.2, 0) is 0 Å². The second-order valence-corrected chi connectivity index (χ2v) is 9.62. The summed E-state index contributed by atoms with van der Waals surface area (Å²) in [5, 5.41) is 3.68. The fourth-order valence-electron chi connectivity index (χ4n) is 5.83. The molecule has 0 aliphatic heterocycles. The standard InChI is InChI=1S/C32H28N2/c1-19-15-22(4)31(23(5)16-19)29-18-33-32-27-12-7-6-11-25(27)26-14-13-24(17-28(26)34(29)32)30-20(2)9-8-10-21(30)3/h6-18H,1-5H3. The zero-order valence-corrected chi connectivity index (χ0v) is 20.4. The number of hydrogen-bond donors (Lipinski definition) is 0. The molecule has 6 aromatic rings. The number of rotatable bonds is 2. The quantitative estimate of drug-likeness (QED) is 0.247. The van der Waals surface area contributed by atoms with Gasteiger partial charge in [0.1, 0.15) is 5.65 Å². The van der Waals surface area contributed by atoms with Crippen LogP contribution in [0.25, 0.3) is 49.7 Å². The van der Waals surface area contributed by atoms with E-state index in [0.717, 1.165) is 11.3 Å². The molecule has 0 spiro atoms. The molecule has 6 rings (SSSR count). The van der Waals surface area contributed by atoms with E-state index in [1.165, 1.54) is 66.2 Å². The Morgan fingerprint density at radius 1 is 0.588 bits per heavy atom. The molecule has 4 aromatic carbocycles. The highest BCUT2D eigenvalue weighted by molar-refractivity contribution is 6.13. The number of pyridine rings is 1. The van der Waals surface area contributed by atoms with E-state index >= 15 is 0 Å². The molecule has 2 aromatic heterocycles. The molecule has 34 heavy (non-hydrogen) atoms. The van der Waals surface area contributed by atoms with Crippen LogP contribution in [0.4, 0.5) is 0 Å². The SMILES string of the molecule is Cc1cc(C)c(-c2cnc3c4ccccc4c4ccc(-c5c(C)cccc5C)cc4n23)c(C)c1. The molecule has 0 unspecified atom stereocenters. The molecule has 0 atom stereocenters. The fraction of sp³-hybridized carbons (Fsp3) is 0.156. The van der Waals surface area contributed by atoms with E-state index in [-0.39, 0.29) is 0 Å². The summed E-state index contributed by atoms with van der Waals surface area (Å²) < 4.78 is 2.37. The average molecular weight is 441 g/mol. The van der Waals surface area contributed by atoms with E-state index in [4.69, 9.17) is 4.98 Å². The van der Waals surface area contributed by atoms with Crippen molar-refractivity contribution in [2.45, 2.75) is 34.6 Å². The lowest BCUT2D eigenvalue weighted by Gasteiger charge is -2.16. The predicted molar refractivity (Wildman–Crippen MR) is 145 cm³/mol. The molecule has 166 valence electrons. The highest BCUT2D eigenvalue weighted by Crippen LogP contribution is 2.38. The second-order valence-electron chi connectivity index (χ2n) is 9.62. The van der Waals surface area contributed by atoms with Crippen LogP contribution in [0.15, 0.2) is 79.0 Å². The summed E-state index contributed by atoms with van der Waals surface area (Å²) in [7, 11) is 0. The number of imidazole rings is 1. The summed E-state index contributed by atoms with van der Waals surface area (Å²) in [5.74, 6) is 0. The number of fused-ring (bicyclic) bond motifs is 6. The topological polar surface area (TPSA) is 17.3 Å².